The van der Waals surface area contributed by atoms with E-state index in [1.165, 1.54) is 0 Å². The summed E-state index contributed by atoms with van der Waals surface area (Å²) in [6.45, 7) is 0. The van der Waals surface area contributed by atoms with Crippen LogP contribution in [0.15, 0.2) is 0 Å². The fourth-order valence-corrected chi connectivity index (χ4v) is 0. The van der Waals surface area contributed by atoms with Gasteiger partial charge in [0.15, 0.2) is 0 Å². The Bertz CT molecular complexity index is 149. The average molecular weight is 713 g/mol. The predicted octanol–water partition coefficient (Wildman–Crippen LogP) is -12.6. The van der Waals surface area contributed by atoms with Crippen molar-refractivity contribution in [2.45, 2.75) is 0 Å². The van der Waals surface area contributed by atoms with Gasteiger partial charge in [-0.05, 0) is 0 Å². The van der Waals surface area contributed by atoms with Crippen LogP contribution < -0.4 is 29.1 Å². The first-order valence-corrected chi connectivity index (χ1v) is 9.90. The summed E-state index contributed by atoms with van der Waals surface area (Å²) in [4.78, 5) is 0. The zero-order chi connectivity index (χ0) is 18.9. The van der Waals surface area contributed by atoms with Gasteiger partial charge in [0.25, 0.3) is 0 Å². The van der Waals surface area contributed by atoms with Gasteiger partial charge in [0.1, 0.15) is 0 Å². The van der Waals surface area contributed by atoms with E-state index in [4.69, 9.17) is 55.7 Å². The van der Waals surface area contributed by atoms with Gasteiger partial charge in [0.2, 0.25) is 0 Å². The molecular formula is Al7BaLaMgO14. The van der Waals surface area contributed by atoms with E-state index >= 15 is 0 Å². The molecule has 0 unspecified atom stereocenters. The number of hydrogen-bond donors (Lipinski definition) is 0. The zero-order valence-corrected chi connectivity index (χ0v) is 29.3. The van der Waals surface area contributed by atoms with Crippen LogP contribution in [0.1, 0.15) is 0 Å². The molecule has 0 spiro atoms. The summed E-state index contributed by atoms with van der Waals surface area (Å²) < 4.78 is 118. The molecular weight excluding hydrogens is 713 g/mol. The van der Waals surface area contributed by atoms with E-state index in [2.05, 4.69) is 0 Å². The summed E-state index contributed by atoms with van der Waals surface area (Å²) in [6.07, 6.45) is 0. The van der Waals surface area contributed by atoms with E-state index in [1.54, 1.807) is 0 Å². The van der Waals surface area contributed by atoms with Gasteiger partial charge in [-0.1, -0.05) is 0 Å². The van der Waals surface area contributed by atoms with Gasteiger partial charge in [0.05, 0.1) is 0 Å². The molecule has 0 saturated carbocycles. The van der Waals surface area contributed by atoms with Crippen LogP contribution in [-0.2, 0) is 26.6 Å². The van der Waals surface area contributed by atoms with Crippen molar-refractivity contribution in [2.75, 3.05) is 0 Å². The van der Waals surface area contributed by atoms with E-state index in [1.807, 2.05) is 0 Å². The molecule has 0 aliphatic carbocycles. The van der Waals surface area contributed by atoms with Crippen LogP contribution in [0.4, 0.5) is 0 Å². The molecule has 112 valence electrons. The van der Waals surface area contributed by atoms with Crippen LogP contribution in [0, 0.1) is 35.6 Å². The summed E-state index contributed by atoms with van der Waals surface area (Å²) in [5, 5.41) is 0. The molecule has 14 nitrogen and oxygen atoms in total. The van der Waals surface area contributed by atoms with Crippen molar-refractivity contribution in [1.82, 2.24) is 0 Å². The van der Waals surface area contributed by atoms with E-state index in [-0.39, 0.29) is 108 Å². The molecule has 0 amide bonds. The number of hydrogen-bond acceptors (Lipinski definition) is 14. The molecule has 0 aromatic heterocycles. The summed E-state index contributed by atoms with van der Waals surface area (Å²) in [5.41, 5.74) is 0. The third kappa shape index (κ3) is 862. The Labute approximate surface area is 265 Å². The summed E-state index contributed by atoms with van der Waals surface area (Å²) in [7, 11) is 0. The first kappa shape index (κ1) is 63.0. The van der Waals surface area contributed by atoms with Crippen molar-refractivity contribution in [3.05, 3.63) is 0 Å². The predicted molar refractivity (Wildman–Crippen MR) is 56.6 cm³/mol. The minimum absolute atomic E-state index is 0. The van der Waals surface area contributed by atoms with Gasteiger partial charge in [-0.2, -0.15) is 0 Å². The molecule has 0 radical (unpaired) electrons. The van der Waals surface area contributed by atoms with Gasteiger partial charge in [-0.25, -0.2) is 0 Å². The van der Waals surface area contributed by atoms with Crippen LogP contribution in [0.5, 0.6) is 0 Å². The fraction of sp³-hybridized carbons (Fsp3) is 0. The quantitative estimate of drug-likeness (QED) is 0.211. The molecule has 24 heteroatoms. The Morgan fingerprint density at radius 1 is 0.375 bits per heavy atom. The Kier molecular flexibility index (Phi) is 384. The van der Waals surface area contributed by atoms with Gasteiger partial charge in [-0.15, -0.1) is 0 Å². The first-order valence-electron chi connectivity index (χ1n) is 3.30. The Balaban J connectivity index is -0.0000000117. The van der Waals surface area contributed by atoms with Gasteiger partial charge in [-0.3, -0.25) is 0 Å². The second-order valence-corrected chi connectivity index (χ2v) is 2.02. The molecule has 0 N–H and O–H groups in total. The van der Waals surface area contributed by atoms with Crippen LogP contribution in [0.3, 0.4) is 0 Å². The molecule has 0 aliphatic heterocycles. The minimum atomic E-state index is -1.75. The molecule has 0 aromatic rings. The molecule has 0 saturated heterocycles. The van der Waals surface area contributed by atoms with Gasteiger partial charge in [0, 0.05) is 0 Å². The van der Waals surface area contributed by atoms with Crippen molar-refractivity contribution in [3.8, 4) is 0 Å². The SMILES string of the molecule is [Ba+2].[La+3].[Mg+2].[O]=[Al][O-].[O]=[Al][O-].[O]=[Al][O-].[O]=[Al][O-].[O]=[Al][O-].[O]=[Al][O-].[O]=[Al][O-]. The Morgan fingerprint density at radius 3 is 0.375 bits per heavy atom. The fourth-order valence-electron chi connectivity index (χ4n) is 0. The monoisotopic (exact) mass is 714 g/mol. The molecule has 0 bridgehead atoms. The normalized spacial score (nSPS) is 2.33. The van der Waals surface area contributed by atoms with E-state index in [0.717, 1.165) is 0 Å². The van der Waals surface area contributed by atoms with Crippen LogP contribution in [-0.4, -0.2) is 180 Å². The summed E-state index contributed by atoms with van der Waals surface area (Å²) in [5.74, 6) is 0. The summed E-state index contributed by atoms with van der Waals surface area (Å²) in [6, 6.07) is 0. The Hall–Kier alpha value is 4.46. The second kappa shape index (κ2) is 146. The van der Waals surface area contributed by atoms with E-state index in [9.17, 15) is 0 Å². The third-order valence-electron chi connectivity index (χ3n) is 0. The molecule has 24 heavy (non-hydrogen) atoms. The maximum atomic E-state index is 8.46. The van der Waals surface area contributed by atoms with Gasteiger partial charge < -0.3 is 0 Å². The molecule has 0 fully saturated rings. The van der Waals surface area contributed by atoms with Crippen molar-refractivity contribution in [3.63, 3.8) is 0 Å². The summed E-state index contributed by atoms with van der Waals surface area (Å²) >= 11 is -12.3. The standard InChI is InChI=1S/7Al.Ba.La.Mg.14O/q;;;;;;;+2;+3;+2;;;;;;;;7*-1. The van der Waals surface area contributed by atoms with Crippen molar-refractivity contribution in [2.24, 2.45) is 0 Å². The molecule has 0 aliphatic rings. The van der Waals surface area contributed by atoms with Crippen molar-refractivity contribution >= 4 is 180 Å². The molecule has 0 aromatic carbocycles. The van der Waals surface area contributed by atoms with Crippen molar-refractivity contribution < 1.29 is 91.3 Å². The van der Waals surface area contributed by atoms with Crippen LogP contribution in [0.2, 0.25) is 0 Å². The van der Waals surface area contributed by atoms with Crippen molar-refractivity contribution in [1.29, 1.82) is 0 Å². The average Bonchev–Trinajstić information content (AvgIpc) is 2.35. The molecule has 0 rings (SSSR count). The second-order valence-electron chi connectivity index (χ2n) is 0.674. The van der Waals surface area contributed by atoms with E-state index < -0.39 is 108 Å². The Morgan fingerprint density at radius 2 is 0.375 bits per heavy atom. The molecule has 0 atom stereocenters. The topological polar surface area (TPSA) is 281 Å². The first-order chi connectivity index (χ1) is 9.90. The third-order valence-corrected chi connectivity index (χ3v) is 0. The van der Waals surface area contributed by atoms with E-state index in [0.29, 0.717) is 0 Å². The van der Waals surface area contributed by atoms with Crippen LogP contribution in [0.25, 0.3) is 0 Å². The van der Waals surface area contributed by atoms with Gasteiger partial charge >= 0.3 is 272 Å². The molecule has 0 heterocycles. The maximum absolute atomic E-state index is 8.46. The number of rotatable bonds is 0. The van der Waals surface area contributed by atoms with Crippen LogP contribution >= 0.6 is 0 Å². The zero-order valence-electron chi connectivity index (χ0n) is 11.7.